The van der Waals surface area contributed by atoms with Gasteiger partial charge in [0.25, 0.3) is 0 Å². The van der Waals surface area contributed by atoms with Crippen LogP contribution in [0.2, 0.25) is 10.0 Å². The molecule has 1 aliphatic carbocycles. The van der Waals surface area contributed by atoms with E-state index in [1.807, 2.05) is 30.3 Å². The Morgan fingerprint density at radius 1 is 0.444 bits per heavy atom. The largest absolute Gasteiger partial charge is 0.0840 e. The van der Waals surface area contributed by atoms with Crippen molar-refractivity contribution in [3.05, 3.63) is 118 Å². The minimum atomic E-state index is 0.0948. The highest BCUT2D eigenvalue weighted by atomic mass is 35.5. The summed E-state index contributed by atoms with van der Waals surface area (Å²) in [6.07, 6.45) is 0. The van der Waals surface area contributed by atoms with Crippen LogP contribution < -0.4 is 0 Å². The van der Waals surface area contributed by atoms with E-state index in [1.54, 1.807) is 0 Å². The lowest BCUT2D eigenvalue weighted by Crippen LogP contribution is -2.02. The number of halogens is 2. The number of hydrogen-bond donors (Lipinski definition) is 0. The summed E-state index contributed by atoms with van der Waals surface area (Å²) in [5.41, 5.74) is 8.45. The second kappa shape index (κ2) is 6.56. The highest BCUT2D eigenvalue weighted by molar-refractivity contribution is 6.33. The molecule has 2 heteroatoms. The lowest BCUT2D eigenvalue weighted by Gasteiger charge is -2.19. The van der Waals surface area contributed by atoms with E-state index in [1.165, 1.54) is 27.8 Å². The van der Waals surface area contributed by atoms with E-state index in [-0.39, 0.29) is 5.92 Å². The molecule has 0 N–H and O–H groups in total. The molecule has 4 aromatic carbocycles. The van der Waals surface area contributed by atoms with Gasteiger partial charge in [0.2, 0.25) is 0 Å². The monoisotopic (exact) mass is 386 g/mol. The summed E-state index contributed by atoms with van der Waals surface area (Å²) < 4.78 is 0. The van der Waals surface area contributed by atoms with E-state index in [9.17, 15) is 0 Å². The molecule has 0 saturated heterocycles. The zero-order chi connectivity index (χ0) is 18.4. The third kappa shape index (κ3) is 2.60. The van der Waals surface area contributed by atoms with Gasteiger partial charge in [-0.3, -0.25) is 0 Å². The summed E-state index contributed by atoms with van der Waals surface area (Å²) in [5, 5.41) is 1.55. The Morgan fingerprint density at radius 3 is 1.67 bits per heavy atom. The Labute approximate surface area is 169 Å². The molecule has 27 heavy (non-hydrogen) atoms. The van der Waals surface area contributed by atoms with Gasteiger partial charge in [-0.2, -0.15) is 0 Å². The maximum atomic E-state index is 6.64. The molecule has 0 bridgehead atoms. The summed E-state index contributed by atoms with van der Waals surface area (Å²) >= 11 is 13.2. The van der Waals surface area contributed by atoms with E-state index in [0.717, 1.165) is 21.2 Å². The molecule has 0 fully saturated rings. The molecule has 0 aromatic heterocycles. The number of hydrogen-bond acceptors (Lipinski definition) is 0. The van der Waals surface area contributed by atoms with Gasteiger partial charge in [-0.25, -0.2) is 0 Å². The van der Waals surface area contributed by atoms with Crippen LogP contribution in [0.15, 0.2) is 91.0 Å². The molecule has 0 saturated carbocycles. The summed E-state index contributed by atoms with van der Waals surface area (Å²) in [5.74, 6) is 0.0948. The fourth-order valence-electron chi connectivity index (χ4n) is 4.21. The molecule has 0 aliphatic heterocycles. The highest BCUT2D eigenvalue weighted by Crippen LogP contribution is 2.53. The number of benzene rings is 4. The molecule has 4 aromatic rings. The zero-order valence-electron chi connectivity index (χ0n) is 14.5. The number of rotatable bonds is 2. The molecule has 0 heterocycles. The van der Waals surface area contributed by atoms with Crippen LogP contribution in [-0.4, -0.2) is 0 Å². The first-order valence-electron chi connectivity index (χ1n) is 8.97. The normalized spacial score (nSPS) is 14.7. The van der Waals surface area contributed by atoms with E-state index < -0.39 is 0 Å². The van der Waals surface area contributed by atoms with Crippen molar-refractivity contribution in [2.45, 2.75) is 5.92 Å². The second-order valence-electron chi connectivity index (χ2n) is 6.79. The first kappa shape index (κ1) is 16.6. The molecule has 1 aliphatic rings. The van der Waals surface area contributed by atoms with Crippen LogP contribution in [0.25, 0.3) is 22.3 Å². The Bertz CT molecular complexity index is 1160. The standard InChI is InChI=1S/C25H16Cl2/c26-22-14-5-3-9-17(22)20-13-7-12-19-16-8-1-2-10-18(16)25(24(19)20)21-11-4-6-15-23(21)27/h1-15,25H. The van der Waals surface area contributed by atoms with Crippen molar-refractivity contribution in [3.63, 3.8) is 0 Å². The van der Waals surface area contributed by atoms with Gasteiger partial charge in [0.15, 0.2) is 0 Å². The summed E-state index contributed by atoms with van der Waals surface area (Å²) in [4.78, 5) is 0. The molecule has 1 unspecified atom stereocenters. The Morgan fingerprint density at radius 2 is 0.963 bits per heavy atom. The van der Waals surface area contributed by atoms with E-state index in [4.69, 9.17) is 23.2 Å². The lowest BCUT2D eigenvalue weighted by atomic mass is 9.85. The molecular formula is C25H16Cl2. The average molecular weight is 387 g/mol. The van der Waals surface area contributed by atoms with Gasteiger partial charge in [-0.15, -0.1) is 0 Å². The summed E-state index contributed by atoms with van der Waals surface area (Å²) in [6.45, 7) is 0. The van der Waals surface area contributed by atoms with Crippen LogP contribution in [0, 0.1) is 0 Å². The molecule has 130 valence electrons. The molecule has 0 radical (unpaired) electrons. The first-order valence-corrected chi connectivity index (χ1v) is 9.73. The van der Waals surface area contributed by atoms with Crippen molar-refractivity contribution in [2.75, 3.05) is 0 Å². The molecule has 0 amide bonds. The van der Waals surface area contributed by atoms with Crippen molar-refractivity contribution >= 4 is 23.2 Å². The molecule has 0 nitrogen and oxygen atoms in total. The van der Waals surface area contributed by atoms with Crippen LogP contribution in [-0.2, 0) is 0 Å². The van der Waals surface area contributed by atoms with E-state index in [2.05, 4.69) is 60.7 Å². The predicted octanol–water partition coefficient (Wildman–Crippen LogP) is 7.82. The summed E-state index contributed by atoms with van der Waals surface area (Å²) in [7, 11) is 0. The van der Waals surface area contributed by atoms with Crippen molar-refractivity contribution in [2.24, 2.45) is 0 Å². The van der Waals surface area contributed by atoms with Crippen LogP contribution in [0.3, 0.4) is 0 Å². The zero-order valence-corrected chi connectivity index (χ0v) is 16.0. The fourth-order valence-corrected chi connectivity index (χ4v) is 4.69. The van der Waals surface area contributed by atoms with Crippen LogP contribution in [0.5, 0.6) is 0 Å². The summed E-state index contributed by atoms with van der Waals surface area (Å²) in [6, 6.07) is 31.2. The van der Waals surface area contributed by atoms with Gasteiger partial charge in [-0.1, -0.05) is 102 Å². The predicted molar refractivity (Wildman–Crippen MR) is 115 cm³/mol. The Balaban J connectivity index is 1.86. The first-order chi connectivity index (χ1) is 13.3. The quantitative estimate of drug-likeness (QED) is 0.290. The van der Waals surface area contributed by atoms with E-state index >= 15 is 0 Å². The van der Waals surface area contributed by atoms with Crippen molar-refractivity contribution in [1.29, 1.82) is 0 Å². The topological polar surface area (TPSA) is 0 Å². The molecule has 5 rings (SSSR count). The maximum absolute atomic E-state index is 6.64. The Hall–Kier alpha value is -2.54. The number of fused-ring (bicyclic) bond motifs is 3. The van der Waals surface area contributed by atoms with Gasteiger partial charge >= 0.3 is 0 Å². The third-order valence-electron chi connectivity index (χ3n) is 5.34. The van der Waals surface area contributed by atoms with Crippen LogP contribution in [0.1, 0.15) is 22.6 Å². The van der Waals surface area contributed by atoms with Gasteiger partial charge in [0, 0.05) is 21.5 Å². The van der Waals surface area contributed by atoms with Gasteiger partial charge in [0.05, 0.1) is 0 Å². The lowest BCUT2D eigenvalue weighted by molar-refractivity contribution is 1.02. The minimum absolute atomic E-state index is 0.0948. The fraction of sp³-hybridized carbons (Fsp3) is 0.0400. The third-order valence-corrected chi connectivity index (χ3v) is 6.01. The van der Waals surface area contributed by atoms with E-state index in [0.29, 0.717) is 0 Å². The van der Waals surface area contributed by atoms with Gasteiger partial charge in [-0.05, 0) is 45.5 Å². The molecular weight excluding hydrogens is 371 g/mol. The second-order valence-corrected chi connectivity index (χ2v) is 7.60. The maximum Gasteiger partial charge on any atom is 0.0484 e. The van der Waals surface area contributed by atoms with Crippen molar-refractivity contribution in [3.8, 4) is 22.3 Å². The van der Waals surface area contributed by atoms with Gasteiger partial charge in [0.1, 0.15) is 0 Å². The SMILES string of the molecule is Clc1ccccc1-c1cccc2c1C(c1ccccc1Cl)c1ccccc1-2. The highest BCUT2D eigenvalue weighted by Gasteiger charge is 2.33. The smallest absolute Gasteiger partial charge is 0.0484 e. The van der Waals surface area contributed by atoms with Crippen molar-refractivity contribution < 1.29 is 0 Å². The minimum Gasteiger partial charge on any atom is -0.0840 e. The van der Waals surface area contributed by atoms with Crippen LogP contribution >= 0.6 is 23.2 Å². The molecule has 0 spiro atoms. The molecule has 1 atom stereocenters. The average Bonchev–Trinajstić information content (AvgIpc) is 3.04. The van der Waals surface area contributed by atoms with Gasteiger partial charge < -0.3 is 0 Å². The Kier molecular flexibility index (Phi) is 4.04. The van der Waals surface area contributed by atoms with Crippen LogP contribution in [0.4, 0.5) is 0 Å². The van der Waals surface area contributed by atoms with Crippen molar-refractivity contribution in [1.82, 2.24) is 0 Å².